The quantitative estimate of drug-likeness (QED) is 0.544. The van der Waals surface area contributed by atoms with E-state index in [0.29, 0.717) is 55.1 Å². The first kappa shape index (κ1) is 22.1. The van der Waals surface area contributed by atoms with Gasteiger partial charge in [-0.2, -0.15) is 0 Å². The maximum Gasteiger partial charge on any atom is 0.251 e. The average Bonchev–Trinajstić information content (AvgIpc) is 2.64. The van der Waals surface area contributed by atoms with Gasteiger partial charge in [0.1, 0.15) is 0 Å². The van der Waals surface area contributed by atoms with Gasteiger partial charge in [0.25, 0.3) is 5.91 Å². The molecule has 26 heavy (non-hydrogen) atoms. The largest absolute Gasteiger partial charge is 0.490 e. The van der Waals surface area contributed by atoms with Crippen molar-refractivity contribution in [3.63, 3.8) is 0 Å². The minimum absolute atomic E-state index is 0.107. The summed E-state index contributed by atoms with van der Waals surface area (Å²) >= 11 is 0. The number of hydrogen-bond acceptors (Lipinski definition) is 4. The molecule has 0 fully saturated rings. The predicted molar refractivity (Wildman–Crippen MR) is 106 cm³/mol. The second kappa shape index (κ2) is 12.4. The first-order chi connectivity index (χ1) is 12.6. The fourth-order valence-corrected chi connectivity index (χ4v) is 2.80. The highest BCUT2D eigenvalue weighted by Gasteiger charge is 2.19. The number of nitrogens with one attached hydrogen (secondary N) is 1. The summed E-state index contributed by atoms with van der Waals surface area (Å²) in [4.78, 5) is 12.7. The highest BCUT2D eigenvalue weighted by molar-refractivity contribution is 5.95. The molecule has 0 heterocycles. The van der Waals surface area contributed by atoms with Crippen molar-refractivity contribution < 1.29 is 19.0 Å². The summed E-state index contributed by atoms with van der Waals surface area (Å²) in [6, 6.07) is 3.47. The van der Waals surface area contributed by atoms with E-state index in [9.17, 15) is 4.79 Å². The van der Waals surface area contributed by atoms with Crippen LogP contribution < -0.4 is 19.5 Å². The summed E-state index contributed by atoms with van der Waals surface area (Å²) in [5.74, 6) is 2.05. The normalized spacial score (nSPS) is 11.7. The Morgan fingerprint density at radius 3 is 2.00 bits per heavy atom. The Bertz CT molecular complexity index is 518. The van der Waals surface area contributed by atoms with E-state index in [4.69, 9.17) is 14.2 Å². The molecule has 1 rings (SSSR count). The third-order valence-corrected chi connectivity index (χ3v) is 4.27. The molecule has 0 spiro atoms. The Balaban J connectivity index is 2.97. The lowest BCUT2D eigenvalue weighted by Crippen LogP contribution is -2.29. The molecule has 0 bridgehead atoms. The zero-order valence-corrected chi connectivity index (χ0v) is 17.0. The van der Waals surface area contributed by atoms with Gasteiger partial charge >= 0.3 is 0 Å². The fraction of sp³-hybridized carbons (Fsp3) is 0.667. The second-order valence-corrected chi connectivity index (χ2v) is 6.23. The predicted octanol–water partition coefficient (Wildman–Crippen LogP) is 4.83. The van der Waals surface area contributed by atoms with Crippen LogP contribution in [0.3, 0.4) is 0 Å². The molecular formula is C21H35NO4. The lowest BCUT2D eigenvalue weighted by atomic mass is 9.99. The summed E-state index contributed by atoms with van der Waals surface area (Å²) < 4.78 is 17.1. The SMILES string of the molecule is CCCCC(CC)CNC(=O)c1cc(OCC)c(OCC)c(OCC)c1. The molecule has 148 valence electrons. The van der Waals surface area contributed by atoms with Crippen molar-refractivity contribution in [2.75, 3.05) is 26.4 Å². The maximum absolute atomic E-state index is 12.7. The van der Waals surface area contributed by atoms with Crippen molar-refractivity contribution in [3.8, 4) is 17.2 Å². The number of hydrogen-bond donors (Lipinski definition) is 1. The van der Waals surface area contributed by atoms with Crippen molar-refractivity contribution in [3.05, 3.63) is 17.7 Å². The van der Waals surface area contributed by atoms with Gasteiger partial charge in [-0.1, -0.05) is 33.1 Å². The third-order valence-electron chi connectivity index (χ3n) is 4.27. The first-order valence-corrected chi connectivity index (χ1v) is 9.95. The van der Waals surface area contributed by atoms with Crippen molar-refractivity contribution >= 4 is 5.91 Å². The molecule has 0 aliphatic carbocycles. The molecule has 1 N–H and O–H groups in total. The van der Waals surface area contributed by atoms with Gasteiger partial charge in [-0.25, -0.2) is 0 Å². The number of benzene rings is 1. The second-order valence-electron chi connectivity index (χ2n) is 6.23. The van der Waals surface area contributed by atoms with Crippen LogP contribution in [0.1, 0.15) is 70.7 Å². The van der Waals surface area contributed by atoms with Crippen molar-refractivity contribution in [2.24, 2.45) is 5.92 Å². The Labute approximate surface area is 158 Å². The fourth-order valence-electron chi connectivity index (χ4n) is 2.80. The van der Waals surface area contributed by atoms with E-state index in [0.717, 1.165) is 12.8 Å². The third kappa shape index (κ3) is 6.77. The summed E-state index contributed by atoms with van der Waals surface area (Å²) in [6.45, 7) is 12.3. The standard InChI is InChI=1S/C21H35NO4/c1-6-11-12-16(7-2)15-22-21(23)17-13-18(24-8-3)20(26-10-5)19(14-17)25-9-4/h13-14,16H,6-12,15H2,1-5H3,(H,22,23). The van der Waals surface area contributed by atoms with Crippen LogP contribution in [0.4, 0.5) is 0 Å². The van der Waals surface area contributed by atoms with Crippen LogP contribution in [0.5, 0.6) is 17.2 Å². The zero-order valence-electron chi connectivity index (χ0n) is 17.0. The van der Waals surface area contributed by atoms with Gasteiger partial charge in [-0.15, -0.1) is 0 Å². The number of amides is 1. The molecular weight excluding hydrogens is 330 g/mol. The highest BCUT2D eigenvalue weighted by Crippen LogP contribution is 2.39. The van der Waals surface area contributed by atoms with Crippen LogP contribution in [0.15, 0.2) is 12.1 Å². The van der Waals surface area contributed by atoms with Gasteiger partial charge in [0, 0.05) is 12.1 Å². The minimum atomic E-state index is -0.107. The summed E-state index contributed by atoms with van der Waals surface area (Å²) in [7, 11) is 0. The molecule has 1 aromatic rings. The van der Waals surface area contributed by atoms with Gasteiger partial charge < -0.3 is 19.5 Å². The number of unbranched alkanes of at least 4 members (excludes halogenated alkanes) is 1. The summed E-state index contributed by atoms with van der Waals surface area (Å²) in [6.07, 6.45) is 4.59. The van der Waals surface area contributed by atoms with Crippen LogP contribution in [-0.4, -0.2) is 32.3 Å². The Hall–Kier alpha value is -1.91. The van der Waals surface area contributed by atoms with Gasteiger partial charge in [0.05, 0.1) is 19.8 Å². The van der Waals surface area contributed by atoms with Crippen LogP contribution in [0, 0.1) is 5.92 Å². The molecule has 5 heteroatoms. The molecule has 0 saturated carbocycles. The molecule has 1 unspecified atom stereocenters. The Kier molecular flexibility index (Phi) is 10.6. The zero-order chi connectivity index (χ0) is 19.4. The van der Waals surface area contributed by atoms with Gasteiger partial charge in [0.15, 0.2) is 11.5 Å². The molecule has 1 amide bonds. The van der Waals surface area contributed by atoms with E-state index >= 15 is 0 Å². The lowest BCUT2D eigenvalue weighted by molar-refractivity contribution is 0.0944. The summed E-state index contributed by atoms with van der Waals surface area (Å²) in [5.41, 5.74) is 0.533. The van der Waals surface area contributed by atoms with Gasteiger partial charge in [-0.05, 0) is 45.2 Å². The Morgan fingerprint density at radius 2 is 1.54 bits per heavy atom. The van der Waals surface area contributed by atoms with E-state index in [1.165, 1.54) is 12.8 Å². The molecule has 0 saturated heterocycles. The molecule has 0 aliphatic rings. The monoisotopic (exact) mass is 365 g/mol. The summed E-state index contributed by atoms with van der Waals surface area (Å²) in [5, 5.41) is 3.06. The molecule has 1 aromatic carbocycles. The van der Waals surface area contributed by atoms with E-state index in [1.54, 1.807) is 12.1 Å². The number of carbonyl (C=O) groups is 1. The highest BCUT2D eigenvalue weighted by atomic mass is 16.5. The van der Waals surface area contributed by atoms with E-state index in [1.807, 2.05) is 20.8 Å². The minimum Gasteiger partial charge on any atom is -0.490 e. The molecule has 5 nitrogen and oxygen atoms in total. The van der Waals surface area contributed by atoms with Crippen LogP contribution in [0.25, 0.3) is 0 Å². The van der Waals surface area contributed by atoms with Gasteiger partial charge in [-0.3, -0.25) is 4.79 Å². The molecule has 1 atom stereocenters. The van der Waals surface area contributed by atoms with Crippen molar-refractivity contribution in [2.45, 2.75) is 60.3 Å². The average molecular weight is 366 g/mol. The lowest BCUT2D eigenvalue weighted by Gasteiger charge is -2.18. The van der Waals surface area contributed by atoms with Crippen LogP contribution >= 0.6 is 0 Å². The van der Waals surface area contributed by atoms with E-state index in [2.05, 4.69) is 19.2 Å². The molecule has 0 radical (unpaired) electrons. The topological polar surface area (TPSA) is 56.8 Å². The van der Waals surface area contributed by atoms with E-state index < -0.39 is 0 Å². The molecule has 0 aromatic heterocycles. The van der Waals surface area contributed by atoms with Crippen LogP contribution in [0.2, 0.25) is 0 Å². The van der Waals surface area contributed by atoms with Crippen LogP contribution in [-0.2, 0) is 0 Å². The number of ether oxygens (including phenoxy) is 3. The molecule has 0 aliphatic heterocycles. The van der Waals surface area contributed by atoms with E-state index in [-0.39, 0.29) is 5.91 Å². The maximum atomic E-state index is 12.7. The number of rotatable bonds is 13. The Morgan fingerprint density at radius 1 is 0.962 bits per heavy atom. The van der Waals surface area contributed by atoms with Crippen molar-refractivity contribution in [1.82, 2.24) is 5.32 Å². The van der Waals surface area contributed by atoms with Crippen molar-refractivity contribution in [1.29, 1.82) is 0 Å². The number of carbonyl (C=O) groups excluding carboxylic acids is 1. The van der Waals surface area contributed by atoms with Gasteiger partial charge in [0.2, 0.25) is 5.75 Å². The smallest absolute Gasteiger partial charge is 0.251 e. The first-order valence-electron chi connectivity index (χ1n) is 9.95.